The summed E-state index contributed by atoms with van der Waals surface area (Å²) in [6.07, 6.45) is -30.5. The number of hydrogen-bond donors (Lipinski definition) is 1. The molecule has 0 saturated carbocycles. The van der Waals surface area contributed by atoms with Crippen LogP contribution in [0.1, 0.15) is 88.4 Å². The molecule has 3 fully saturated rings. The number of hydrogen-bond acceptors (Lipinski definition) is 25. The fourth-order valence-electron chi connectivity index (χ4n) is 12.1. The summed E-state index contributed by atoms with van der Waals surface area (Å²) in [5.74, 6) is -10.1. The number of ether oxygens (including phenoxy) is 15. The molecule has 1 unspecified atom stereocenters. The van der Waals surface area contributed by atoms with Crippen molar-refractivity contribution in [2.24, 2.45) is 0 Å². The van der Waals surface area contributed by atoms with E-state index in [0.29, 0.717) is 5.56 Å². The van der Waals surface area contributed by atoms with Crippen LogP contribution < -0.4 is 0 Å². The molecule has 0 radical (unpaired) electrons. The number of benzene rings is 9. The fraction of sp³-hybridized carbons (Fsp3) is 0.241. The maximum atomic E-state index is 15.3. The van der Waals surface area contributed by atoms with E-state index in [-0.39, 0.29) is 51.1 Å². The molecule has 3 saturated heterocycles. The quantitative estimate of drug-likeness (QED) is 0.0271. The molecule has 3 heterocycles. The summed E-state index contributed by atoms with van der Waals surface area (Å²) in [5.41, 5.74) is 0.340. The minimum absolute atomic E-state index is 0.0352. The van der Waals surface area contributed by atoms with Gasteiger partial charge in [-0.15, -0.1) is 11.6 Å². The molecule has 0 bridgehead atoms. The van der Waals surface area contributed by atoms with E-state index in [1.807, 2.05) is 0 Å². The molecule has 109 heavy (non-hydrogen) atoms. The highest BCUT2D eigenvalue weighted by molar-refractivity contribution is 6.26. The van der Waals surface area contributed by atoms with E-state index in [1.165, 1.54) is 146 Å². The van der Waals surface area contributed by atoms with Crippen LogP contribution in [0.5, 0.6) is 0 Å². The lowest BCUT2D eigenvalue weighted by atomic mass is 9.94. The number of alkyl halides is 1. The largest absolute Gasteiger partial charge is 0.462 e. The van der Waals surface area contributed by atoms with Crippen LogP contribution >= 0.6 is 11.6 Å². The molecular weight excluding hydrogens is 1430 g/mol. The Labute approximate surface area is 629 Å². The minimum Gasteiger partial charge on any atom is -0.462 e. The number of rotatable bonds is 28. The topological polar surface area (TPSA) is 312 Å². The van der Waals surface area contributed by atoms with Crippen molar-refractivity contribution in [2.45, 2.75) is 98.7 Å². The highest BCUT2D eigenvalue weighted by Crippen LogP contribution is 2.40. The van der Waals surface area contributed by atoms with E-state index in [9.17, 15) is 33.9 Å². The van der Waals surface area contributed by atoms with Gasteiger partial charge in [0.1, 0.15) is 62.3 Å². The zero-order chi connectivity index (χ0) is 76.0. The van der Waals surface area contributed by atoms with Crippen molar-refractivity contribution in [3.8, 4) is 0 Å². The predicted molar refractivity (Wildman–Crippen MR) is 382 cm³/mol. The molecule has 26 heteroatoms. The number of aliphatic hydroxyl groups excluding tert-OH is 1. The van der Waals surface area contributed by atoms with Crippen molar-refractivity contribution in [3.05, 3.63) is 323 Å². The second-order valence-corrected chi connectivity index (χ2v) is 25.0. The van der Waals surface area contributed by atoms with Crippen molar-refractivity contribution in [2.75, 3.05) is 25.7 Å². The molecule has 12 rings (SSSR count). The van der Waals surface area contributed by atoms with E-state index in [4.69, 9.17) is 82.7 Å². The first-order valence-electron chi connectivity index (χ1n) is 34.5. The second kappa shape index (κ2) is 37.7. The summed E-state index contributed by atoms with van der Waals surface area (Å²) in [4.78, 5) is 131. The molecule has 9 aromatic rings. The SMILES string of the molecule is O=C(CCl)OC[C@H]1O[C@H](O[C@H]2[C@@H](OC(=O)c3ccccc3)[C@@H](OC(=O)c3ccccc3)[C@@H](O)O[C@@H]2COC(=O)c2ccccc2)[C@@H](OC(=O)c2ccccc2)[C@@H](O[C@@H]2O[C@@H](COC(=O)c3ccccc3)[C@H](OC(=O)c3ccccc3)[C@H](OCc3ccccc3)C2OC(=O)c2ccccc2)[C@@H]1OC(=O)c1ccccc1. The van der Waals surface area contributed by atoms with Crippen molar-refractivity contribution < 1.29 is 119 Å². The summed E-state index contributed by atoms with van der Waals surface area (Å²) < 4.78 is 97.4. The van der Waals surface area contributed by atoms with Gasteiger partial charge in [0.05, 0.1) is 51.1 Å². The van der Waals surface area contributed by atoms with E-state index < -0.39 is 172 Å². The van der Waals surface area contributed by atoms with Crippen LogP contribution in [-0.4, -0.2) is 177 Å². The number of esters is 9. The van der Waals surface area contributed by atoms with Crippen LogP contribution in [0.15, 0.2) is 273 Å². The Morgan fingerprint density at radius 3 is 0.899 bits per heavy atom. The maximum Gasteiger partial charge on any atom is 0.338 e. The third-order valence-electron chi connectivity index (χ3n) is 17.5. The molecule has 0 amide bonds. The standard InChI is InChI=1S/C83H71ClO25/c84-46-63(85)95-48-61-65(103-76(89)55-36-18-5-19-37-55)69(109-82-71(106-79(92)58-42-24-8-25-43-58)67(96-47-51-28-10-1-11-29-51)64(102-75(88)54-34-16-4-17-35-54)62(101-82)50-98-74(87)53-32-14-3-15-33-53)72(107-80(93)59-44-26-9-27-45-59)83(100-61)108-66-60(49-97-73(86)52-30-12-2-13-31-52)99-81(94)70(105-78(91)57-40-22-7-23-41-57)68(66)104-77(90)56-38-20-6-21-39-56/h1-45,60-62,64-72,81-83,94H,46-50H2/t60-,61-,62+,64+,65-,66-,67+,68-,69+,70-,71?,72+,81+,82+,83-/m1/s1. The molecule has 25 nitrogen and oxygen atoms in total. The van der Waals surface area contributed by atoms with E-state index in [2.05, 4.69) is 0 Å². The Kier molecular flexibility index (Phi) is 26.5. The molecule has 9 aromatic carbocycles. The Morgan fingerprint density at radius 1 is 0.284 bits per heavy atom. The second-order valence-electron chi connectivity index (χ2n) is 24.8. The Bertz CT molecular complexity index is 4500. The molecule has 560 valence electrons. The van der Waals surface area contributed by atoms with Gasteiger partial charge >= 0.3 is 53.7 Å². The van der Waals surface area contributed by atoms with Crippen LogP contribution in [0, 0.1) is 0 Å². The summed E-state index contributed by atoms with van der Waals surface area (Å²) >= 11 is 6.10. The van der Waals surface area contributed by atoms with Gasteiger partial charge in [-0.25, -0.2) is 38.4 Å². The predicted octanol–water partition coefficient (Wildman–Crippen LogP) is 10.4. The lowest BCUT2D eigenvalue weighted by Gasteiger charge is -2.50. The first-order valence-corrected chi connectivity index (χ1v) is 35.0. The monoisotopic (exact) mass is 1500 g/mol. The maximum absolute atomic E-state index is 15.3. The van der Waals surface area contributed by atoms with Gasteiger partial charge in [-0.1, -0.05) is 176 Å². The van der Waals surface area contributed by atoms with Gasteiger partial charge < -0.3 is 76.2 Å². The first kappa shape index (κ1) is 76.9. The Morgan fingerprint density at radius 2 is 0.550 bits per heavy atom. The van der Waals surface area contributed by atoms with Crippen LogP contribution in [0.3, 0.4) is 0 Å². The first-order chi connectivity index (χ1) is 53.2. The lowest BCUT2D eigenvalue weighted by Crippen LogP contribution is -2.69. The van der Waals surface area contributed by atoms with Gasteiger partial charge in [-0.3, -0.25) is 4.79 Å². The summed E-state index contributed by atoms with van der Waals surface area (Å²) in [7, 11) is 0. The number of carbonyl (C=O) groups is 9. The third-order valence-corrected chi connectivity index (χ3v) is 17.7. The van der Waals surface area contributed by atoms with E-state index >= 15 is 14.4 Å². The minimum atomic E-state index is -2.31. The third kappa shape index (κ3) is 20.1. The van der Waals surface area contributed by atoms with E-state index in [0.717, 1.165) is 0 Å². The van der Waals surface area contributed by atoms with Gasteiger partial charge in [-0.2, -0.15) is 0 Å². The molecule has 0 aromatic heterocycles. The summed E-state index contributed by atoms with van der Waals surface area (Å²) in [5, 5.41) is 12.2. The van der Waals surface area contributed by atoms with Gasteiger partial charge in [0.15, 0.2) is 55.5 Å². The van der Waals surface area contributed by atoms with Crippen LogP contribution in [0.25, 0.3) is 0 Å². The highest BCUT2D eigenvalue weighted by Gasteiger charge is 2.60. The normalized spacial score (nSPS) is 23.6. The average molecular weight is 1500 g/mol. The van der Waals surface area contributed by atoms with Crippen LogP contribution in [-0.2, 0) is 82.5 Å². The summed E-state index contributed by atoms with van der Waals surface area (Å²) in [6, 6.07) is 69.5. The Balaban J connectivity index is 1.05. The molecule has 3 aliphatic rings. The molecule has 0 aliphatic carbocycles. The molecule has 15 atom stereocenters. The number of carbonyl (C=O) groups excluding carboxylic acids is 9. The number of halogens is 1. The van der Waals surface area contributed by atoms with Crippen molar-refractivity contribution in [3.63, 3.8) is 0 Å². The van der Waals surface area contributed by atoms with Gasteiger partial charge in [0.2, 0.25) is 0 Å². The van der Waals surface area contributed by atoms with Crippen molar-refractivity contribution >= 4 is 65.3 Å². The molecular formula is C83H71ClO25. The zero-order valence-electron chi connectivity index (χ0n) is 57.8. The highest BCUT2D eigenvalue weighted by atomic mass is 35.5. The van der Waals surface area contributed by atoms with Gasteiger partial charge in [0.25, 0.3) is 0 Å². The smallest absolute Gasteiger partial charge is 0.338 e. The van der Waals surface area contributed by atoms with Crippen LogP contribution in [0.4, 0.5) is 0 Å². The number of aliphatic hydroxyl groups is 1. The van der Waals surface area contributed by atoms with Gasteiger partial charge in [-0.05, 0) is 103 Å². The summed E-state index contributed by atoms with van der Waals surface area (Å²) in [6.45, 7) is -2.91. The van der Waals surface area contributed by atoms with E-state index in [1.54, 1.807) is 127 Å². The van der Waals surface area contributed by atoms with Crippen molar-refractivity contribution in [1.29, 1.82) is 0 Å². The average Bonchev–Trinajstić information content (AvgIpc) is 0.754. The van der Waals surface area contributed by atoms with Crippen LogP contribution in [0.2, 0.25) is 0 Å². The zero-order valence-corrected chi connectivity index (χ0v) is 58.6. The molecule has 3 aliphatic heterocycles. The fourth-order valence-corrected chi connectivity index (χ4v) is 12.2. The van der Waals surface area contributed by atoms with Gasteiger partial charge in [0, 0.05) is 0 Å². The Hall–Kier alpha value is -11.8. The molecule has 0 spiro atoms. The lowest BCUT2D eigenvalue weighted by molar-refractivity contribution is -0.377. The molecule has 1 N–H and O–H groups in total. The van der Waals surface area contributed by atoms with Crippen molar-refractivity contribution in [1.82, 2.24) is 0 Å².